The highest BCUT2D eigenvalue weighted by Gasteiger charge is 2.16. The van der Waals surface area contributed by atoms with Crippen molar-refractivity contribution in [3.05, 3.63) is 64.9 Å². The second kappa shape index (κ2) is 5.54. The van der Waals surface area contributed by atoms with Gasteiger partial charge in [0.15, 0.2) is 9.84 Å². The zero-order valence-electron chi connectivity index (χ0n) is 11.0. The molecule has 0 N–H and O–H groups in total. The van der Waals surface area contributed by atoms with Crippen LogP contribution in [-0.2, 0) is 21.3 Å². The van der Waals surface area contributed by atoms with Crippen molar-refractivity contribution < 1.29 is 12.8 Å². The van der Waals surface area contributed by atoms with Gasteiger partial charge in [-0.1, -0.05) is 24.3 Å². The van der Waals surface area contributed by atoms with Gasteiger partial charge in [-0.25, -0.2) is 17.8 Å². The number of hydrogen-bond donors (Lipinski definition) is 0. The molecule has 1 heterocycles. The summed E-state index contributed by atoms with van der Waals surface area (Å²) in [5.41, 5.74) is 1.26. The van der Waals surface area contributed by atoms with E-state index < -0.39 is 15.7 Å². The number of para-hydroxylation sites is 1. The Kier molecular flexibility index (Phi) is 3.73. The van der Waals surface area contributed by atoms with E-state index in [1.54, 1.807) is 6.07 Å². The van der Waals surface area contributed by atoms with E-state index in [1.165, 1.54) is 29.5 Å². The molecule has 0 saturated heterocycles. The predicted molar refractivity (Wildman–Crippen MR) is 82.3 cm³/mol. The average molecular weight is 321 g/mol. The van der Waals surface area contributed by atoms with Crippen LogP contribution in [0.3, 0.4) is 0 Å². The number of fused-ring (bicyclic) bond motifs is 1. The number of thiazole rings is 1. The molecular formula is C15H12FNO2S2. The molecule has 0 bridgehead atoms. The maximum atomic E-state index is 13.1. The Labute approximate surface area is 126 Å². The van der Waals surface area contributed by atoms with Gasteiger partial charge in [0.1, 0.15) is 16.6 Å². The Morgan fingerprint density at radius 3 is 2.62 bits per heavy atom. The molecule has 0 fully saturated rings. The Hall–Kier alpha value is -1.79. The van der Waals surface area contributed by atoms with Gasteiger partial charge in [-0.05, 0) is 29.8 Å². The Bertz CT molecular complexity index is 854. The minimum atomic E-state index is -3.37. The van der Waals surface area contributed by atoms with Gasteiger partial charge in [0.2, 0.25) is 0 Å². The lowest BCUT2D eigenvalue weighted by atomic mass is 10.2. The number of benzene rings is 2. The van der Waals surface area contributed by atoms with Crippen LogP contribution in [0.2, 0.25) is 0 Å². The van der Waals surface area contributed by atoms with E-state index in [-0.39, 0.29) is 11.5 Å². The van der Waals surface area contributed by atoms with E-state index in [0.29, 0.717) is 10.6 Å². The van der Waals surface area contributed by atoms with Crippen LogP contribution in [0.15, 0.2) is 48.5 Å². The molecule has 1 aromatic heterocycles. The maximum absolute atomic E-state index is 13.1. The largest absolute Gasteiger partial charge is 0.240 e. The third kappa shape index (κ3) is 3.46. The molecule has 0 aliphatic heterocycles. The monoisotopic (exact) mass is 321 g/mol. The number of nitrogens with zero attached hydrogens (tertiary/aromatic N) is 1. The molecule has 6 heteroatoms. The summed E-state index contributed by atoms with van der Waals surface area (Å²) in [4.78, 5) is 4.32. The van der Waals surface area contributed by atoms with E-state index in [2.05, 4.69) is 4.98 Å². The lowest BCUT2D eigenvalue weighted by Crippen LogP contribution is -2.07. The van der Waals surface area contributed by atoms with Gasteiger partial charge in [-0.15, -0.1) is 11.3 Å². The topological polar surface area (TPSA) is 47.0 Å². The van der Waals surface area contributed by atoms with Crippen molar-refractivity contribution in [2.75, 3.05) is 0 Å². The summed E-state index contributed by atoms with van der Waals surface area (Å²) < 4.78 is 38.5. The Morgan fingerprint density at radius 1 is 1.05 bits per heavy atom. The molecule has 2 aromatic carbocycles. The van der Waals surface area contributed by atoms with Crippen molar-refractivity contribution in [2.45, 2.75) is 11.5 Å². The van der Waals surface area contributed by atoms with E-state index in [9.17, 15) is 12.8 Å². The van der Waals surface area contributed by atoms with E-state index in [4.69, 9.17) is 0 Å². The lowest BCUT2D eigenvalue weighted by molar-refractivity contribution is 0.594. The first-order valence-corrected chi connectivity index (χ1v) is 8.95. The second-order valence-corrected chi connectivity index (χ2v) is 7.92. The van der Waals surface area contributed by atoms with E-state index >= 15 is 0 Å². The molecule has 0 aliphatic rings. The first-order valence-electron chi connectivity index (χ1n) is 6.31. The third-order valence-corrected chi connectivity index (χ3v) is 5.66. The molecule has 3 aromatic rings. The minimum Gasteiger partial charge on any atom is -0.240 e. The van der Waals surface area contributed by atoms with Gasteiger partial charge in [0, 0.05) is 0 Å². The molecule has 0 spiro atoms. The molecule has 0 unspecified atom stereocenters. The molecule has 3 rings (SSSR count). The fraction of sp³-hybridized carbons (Fsp3) is 0.133. The quantitative estimate of drug-likeness (QED) is 0.738. The number of rotatable bonds is 4. The summed E-state index contributed by atoms with van der Waals surface area (Å²) in [5, 5.41) is 0.563. The summed E-state index contributed by atoms with van der Waals surface area (Å²) in [6.45, 7) is 0. The minimum absolute atomic E-state index is 0.122. The summed E-state index contributed by atoms with van der Waals surface area (Å²) >= 11 is 1.37. The second-order valence-electron chi connectivity index (χ2n) is 4.74. The van der Waals surface area contributed by atoms with Crippen molar-refractivity contribution in [1.29, 1.82) is 0 Å². The van der Waals surface area contributed by atoms with Crippen molar-refractivity contribution in [1.82, 2.24) is 4.98 Å². The molecule has 3 nitrogen and oxygen atoms in total. The van der Waals surface area contributed by atoms with Crippen LogP contribution in [0.1, 0.15) is 10.6 Å². The van der Waals surface area contributed by atoms with Crippen LogP contribution < -0.4 is 0 Å². The Balaban J connectivity index is 1.82. The van der Waals surface area contributed by atoms with Crippen molar-refractivity contribution in [3.63, 3.8) is 0 Å². The highest BCUT2D eigenvalue weighted by molar-refractivity contribution is 7.90. The summed E-state index contributed by atoms with van der Waals surface area (Å²) in [5.74, 6) is -0.730. The first kappa shape index (κ1) is 14.2. The summed E-state index contributed by atoms with van der Waals surface area (Å²) in [7, 11) is -3.37. The van der Waals surface area contributed by atoms with Crippen LogP contribution in [0.4, 0.5) is 4.39 Å². The number of sulfone groups is 1. The molecule has 0 aliphatic carbocycles. The smallest absolute Gasteiger partial charge is 0.160 e. The van der Waals surface area contributed by atoms with Crippen LogP contribution in [0, 0.1) is 5.82 Å². The highest BCUT2D eigenvalue weighted by atomic mass is 32.2. The standard InChI is InChI=1S/C15H12FNO2S2/c16-12-5-3-4-11(8-12)9-21(18,19)10-15-17-13-6-1-2-7-14(13)20-15/h1-8H,9-10H2. The van der Waals surface area contributed by atoms with E-state index in [0.717, 1.165) is 10.2 Å². The van der Waals surface area contributed by atoms with Crippen LogP contribution >= 0.6 is 11.3 Å². The molecule has 0 atom stereocenters. The zero-order valence-corrected chi connectivity index (χ0v) is 12.6. The Morgan fingerprint density at radius 2 is 1.86 bits per heavy atom. The normalized spacial score (nSPS) is 11.9. The molecule has 0 saturated carbocycles. The van der Waals surface area contributed by atoms with Gasteiger partial charge < -0.3 is 0 Å². The van der Waals surface area contributed by atoms with Crippen LogP contribution in [0.25, 0.3) is 10.2 Å². The fourth-order valence-electron chi connectivity index (χ4n) is 2.10. The molecule has 21 heavy (non-hydrogen) atoms. The molecule has 108 valence electrons. The average Bonchev–Trinajstić information content (AvgIpc) is 2.79. The molecular weight excluding hydrogens is 309 g/mol. The van der Waals surface area contributed by atoms with Crippen molar-refractivity contribution >= 4 is 31.4 Å². The van der Waals surface area contributed by atoms with Gasteiger partial charge >= 0.3 is 0 Å². The van der Waals surface area contributed by atoms with Crippen molar-refractivity contribution in [2.24, 2.45) is 0 Å². The fourth-order valence-corrected chi connectivity index (χ4v) is 4.87. The van der Waals surface area contributed by atoms with Gasteiger partial charge in [-0.2, -0.15) is 0 Å². The van der Waals surface area contributed by atoms with E-state index in [1.807, 2.05) is 24.3 Å². The number of aromatic nitrogens is 1. The van der Waals surface area contributed by atoms with Crippen LogP contribution in [0.5, 0.6) is 0 Å². The van der Waals surface area contributed by atoms with Gasteiger partial charge in [0.05, 0.1) is 16.0 Å². The number of hydrogen-bond acceptors (Lipinski definition) is 4. The molecule has 0 radical (unpaired) electrons. The highest BCUT2D eigenvalue weighted by Crippen LogP contribution is 2.24. The summed E-state index contributed by atoms with van der Waals surface area (Å²) in [6, 6.07) is 13.2. The summed E-state index contributed by atoms with van der Waals surface area (Å²) in [6.07, 6.45) is 0. The predicted octanol–water partition coefficient (Wildman–Crippen LogP) is 3.55. The van der Waals surface area contributed by atoms with Gasteiger partial charge in [-0.3, -0.25) is 0 Å². The zero-order chi connectivity index (χ0) is 14.9. The third-order valence-electron chi connectivity index (χ3n) is 2.96. The van der Waals surface area contributed by atoms with Crippen LogP contribution in [-0.4, -0.2) is 13.4 Å². The lowest BCUT2D eigenvalue weighted by Gasteiger charge is -2.02. The molecule has 0 amide bonds. The van der Waals surface area contributed by atoms with Gasteiger partial charge in [0.25, 0.3) is 0 Å². The SMILES string of the molecule is O=S(=O)(Cc1cccc(F)c1)Cc1nc2ccccc2s1. The first-order chi connectivity index (χ1) is 10.0. The maximum Gasteiger partial charge on any atom is 0.160 e. The van der Waals surface area contributed by atoms with Crippen molar-refractivity contribution in [3.8, 4) is 0 Å². The number of halogens is 1.